The van der Waals surface area contributed by atoms with E-state index in [9.17, 15) is 5.11 Å². The van der Waals surface area contributed by atoms with E-state index in [1.807, 2.05) is 31.7 Å². The average molecular weight is 214 g/mol. The Morgan fingerprint density at radius 3 is 2.57 bits per heavy atom. The monoisotopic (exact) mass is 214 g/mol. The number of thioether (sulfide) groups is 1. The van der Waals surface area contributed by atoms with Crippen LogP contribution in [0.2, 0.25) is 0 Å². The van der Waals surface area contributed by atoms with Crippen LogP contribution in [0.1, 0.15) is 26.7 Å². The van der Waals surface area contributed by atoms with Gasteiger partial charge in [0.25, 0.3) is 0 Å². The molecule has 0 fully saturated rings. The minimum Gasteiger partial charge on any atom is -0.389 e. The molecule has 0 radical (unpaired) electrons. The lowest BCUT2D eigenvalue weighted by atomic mass is 10.0. The molecule has 0 aliphatic carbocycles. The van der Waals surface area contributed by atoms with Gasteiger partial charge in [-0.15, -0.1) is 0 Å². The summed E-state index contributed by atoms with van der Waals surface area (Å²) in [6, 6.07) is 0. The molecular weight excluding hydrogens is 196 g/mol. The third-order valence-corrected chi connectivity index (χ3v) is 3.90. The average Bonchev–Trinajstić information content (AvgIpc) is 2.61. The second-order valence-corrected chi connectivity index (χ2v) is 4.48. The first-order valence-electron chi connectivity index (χ1n) is 4.94. The van der Waals surface area contributed by atoms with E-state index < -0.39 is 5.60 Å². The van der Waals surface area contributed by atoms with Gasteiger partial charge in [0.15, 0.2) is 5.16 Å². The van der Waals surface area contributed by atoms with Crippen LogP contribution in [0.3, 0.4) is 0 Å². The molecule has 0 saturated heterocycles. The molecule has 0 aliphatic rings. The molecule has 0 amide bonds. The summed E-state index contributed by atoms with van der Waals surface area (Å²) in [6.07, 6.45) is 5.28. The maximum atomic E-state index is 10.1. The van der Waals surface area contributed by atoms with Crippen LogP contribution in [0.25, 0.3) is 0 Å². The summed E-state index contributed by atoms with van der Waals surface area (Å²) < 4.78 is 1.97. The van der Waals surface area contributed by atoms with Gasteiger partial charge < -0.3 is 9.67 Å². The minimum atomic E-state index is -0.545. The molecule has 0 spiro atoms. The van der Waals surface area contributed by atoms with Gasteiger partial charge in [-0.05, 0) is 12.8 Å². The fourth-order valence-electron chi connectivity index (χ4n) is 1.14. The third kappa shape index (κ3) is 2.75. The lowest BCUT2D eigenvalue weighted by Gasteiger charge is -2.24. The van der Waals surface area contributed by atoms with E-state index >= 15 is 0 Å². The van der Waals surface area contributed by atoms with Crippen LogP contribution in [-0.4, -0.2) is 26.0 Å². The number of aromatic nitrogens is 2. The zero-order valence-corrected chi connectivity index (χ0v) is 9.84. The molecule has 1 rings (SSSR count). The number of aryl methyl sites for hydroxylation is 1. The van der Waals surface area contributed by atoms with E-state index in [1.165, 1.54) is 0 Å². The van der Waals surface area contributed by atoms with Crippen LogP contribution in [-0.2, 0) is 7.05 Å². The molecule has 14 heavy (non-hydrogen) atoms. The van der Waals surface area contributed by atoms with Crippen molar-refractivity contribution in [2.75, 3.05) is 5.75 Å². The molecule has 3 nitrogen and oxygen atoms in total. The minimum absolute atomic E-state index is 0.545. The largest absolute Gasteiger partial charge is 0.389 e. The molecule has 1 aromatic heterocycles. The van der Waals surface area contributed by atoms with E-state index in [4.69, 9.17) is 0 Å². The van der Waals surface area contributed by atoms with Crippen LogP contribution in [0.4, 0.5) is 0 Å². The summed E-state index contributed by atoms with van der Waals surface area (Å²) in [5, 5.41) is 11.0. The van der Waals surface area contributed by atoms with Gasteiger partial charge in [0, 0.05) is 25.2 Å². The van der Waals surface area contributed by atoms with Gasteiger partial charge in [-0.2, -0.15) is 0 Å². The normalized spacial score (nSPS) is 12.0. The molecular formula is C10H18N2OS. The third-order valence-electron chi connectivity index (χ3n) is 2.56. The molecule has 1 N–H and O–H groups in total. The number of nitrogens with zero attached hydrogens (tertiary/aromatic N) is 2. The summed E-state index contributed by atoms with van der Waals surface area (Å²) in [5.41, 5.74) is -0.545. The Balaban J connectivity index is 2.52. The SMILES string of the molecule is CCC(O)(CC)CSc1nccn1C. The Morgan fingerprint density at radius 1 is 1.50 bits per heavy atom. The topological polar surface area (TPSA) is 38.1 Å². The highest BCUT2D eigenvalue weighted by atomic mass is 32.2. The van der Waals surface area contributed by atoms with Crippen molar-refractivity contribution in [3.8, 4) is 0 Å². The standard InChI is InChI=1S/C10H18N2OS/c1-4-10(13,5-2)8-14-9-11-6-7-12(9)3/h6-7,13H,4-5,8H2,1-3H3. The number of hydrogen-bond acceptors (Lipinski definition) is 3. The number of imidazole rings is 1. The van der Waals surface area contributed by atoms with Crippen molar-refractivity contribution in [3.63, 3.8) is 0 Å². The van der Waals surface area contributed by atoms with E-state index in [1.54, 1.807) is 18.0 Å². The van der Waals surface area contributed by atoms with E-state index in [-0.39, 0.29) is 0 Å². The van der Waals surface area contributed by atoms with Gasteiger partial charge in [-0.3, -0.25) is 0 Å². The van der Waals surface area contributed by atoms with Crippen molar-refractivity contribution in [2.24, 2.45) is 7.05 Å². The van der Waals surface area contributed by atoms with Crippen molar-refractivity contribution < 1.29 is 5.11 Å². The van der Waals surface area contributed by atoms with E-state index in [2.05, 4.69) is 4.98 Å². The first kappa shape index (κ1) is 11.6. The van der Waals surface area contributed by atoms with Crippen molar-refractivity contribution >= 4 is 11.8 Å². The summed E-state index contributed by atoms with van der Waals surface area (Å²) >= 11 is 1.61. The smallest absolute Gasteiger partial charge is 0.167 e. The highest BCUT2D eigenvalue weighted by Gasteiger charge is 2.22. The fraction of sp³-hybridized carbons (Fsp3) is 0.700. The predicted molar refractivity (Wildman–Crippen MR) is 59.5 cm³/mol. The van der Waals surface area contributed by atoms with E-state index in [0.29, 0.717) is 5.75 Å². The molecule has 0 aliphatic heterocycles. The van der Waals surface area contributed by atoms with Gasteiger partial charge in [-0.25, -0.2) is 4.98 Å². The molecule has 0 unspecified atom stereocenters. The predicted octanol–water partition coefficient (Wildman–Crippen LogP) is 2.06. The Bertz CT molecular complexity index is 281. The van der Waals surface area contributed by atoms with Crippen LogP contribution in [0.15, 0.2) is 17.6 Å². The number of hydrogen-bond donors (Lipinski definition) is 1. The molecule has 0 bridgehead atoms. The Morgan fingerprint density at radius 2 is 2.14 bits per heavy atom. The highest BCUT2D eigenvalue weighted by Crippen LogP contribution is 2.25. The molecule has 0 saturated carbocycles. The quantitative estimate of drug-likeness (QED) is 0.762. The van der Waals surface area contributed by atoms with Gasteiger partial charge in [-0.1, -0.05) is 25.6 Å². The van der Waals surface area contributed by atoms with E-state index in [0.717, 1.165) is 18.0 Å². The summed E-state index contributed by atoms with van der Waals surface area (Å²) in [6.45, 7) is 4.03. The van der Waals surface area contributed by atoms with Crippen LogP contribution in [0, 0.1) is 0 Å². The lowest BCUT2D eigenvalue weighted by Crippen LogP contribution is -2.29. The van der Waals surface area contributed by atoms with Gasteiger partial charge in [0.1, 0.15) is 0 Å². The summed E-state index contributed by atoms with van der Waals surface area (Å²) in [4.78, 5) is 4.20. The van der Waals surface area contributed by atoms with Crippen LogP contribution < -0.4 is 0 Å². The highest BCUT2D eigenvalue weighted by molar-refractivity contribution is 7.99. The Kier molecular flexibility index (Phi) is 4.01. The molecule has 4 heteroatoms. The number of aliphatic hydroxyl groups is 1. The zero-order chi connectivity index (χ0) is 10.6. The zero-order valence-electron chi connectivity index (χ0n) is 9.03. The number of rotatable bonds is 5. The maximum absolute atomic E-state index is 10.1. The fourth-order valence-corrected chi connectivity index (χ4v) is 2.35. The first-order chi connectivity index (χ1) is 6.61. The lowest BCUT2D eigenvalue weighted by molar-refractivity contribution is 0.0571. The summed E-state index contributed by atoms with van der Waals surface area (Å²) in [7, 11) is 1.96. The Labute approximate surface area is 89.5 Å². The molecule has 80 valence electrons. The van der Waals surface area contributed by atoms with Gasteiger partial charge >= 0.3 is 0 Å². The van der Waals surface area contributed by atoms with Crippen LogP contribution in [0.5, 0.6) is 0 Å². The van der Waals surface area contributed by atoms with Gasteiger partial charge in [0.05, 0.1) is 5.60 Å². The second kappa shape index (κ2) is 4.84. The van der Waals surface area contributed by atoms with Crippen LogP contribution >= 0.6 is 11.8 Å². The molecule has 0 aromatic carbocycles. The second-order valence-electron chi connectivity index (χ2n) is 3.54. The molecule has 1 aromatic rings. The molecule has 0 atom stereocenters. The van der Waals surface area contributed by atoms with Crippen molar-refractivity contribution in [1.29, 1.82) is 0 Å². The first-order valence-corrected chi connectivity index (χ1v) is 5.92. The van der Waals surface area contributed by atoms with Crippen molar-refractivity contribution in [2.45, 2.75) is 37.4 Å². The maximum Gasteiger partial charge on any atom is 0.167 e. The molecule has 1 heterocycles. The summed E-state index contributed by atoms with van der Waals surface area (Å²) in [5.74, 6) is 0.713. The van der Waals surface area contributed by atoms with Gasteiger partial charge in [0.2, 0.25) is 0 Å². The van der Waals surface area contributed by atoms with Crippen molar-refractivity contribution in [1.82, 2.24) is 9.55 Å². The van der Waals surface area contributed by atoms with Crippen molar-refractivity contribution in [3.05, 3.63) is 12.4 Å². The Hall–Kier alpha value is -0.480.